The molecule has 0 spiro atoms. The van der Waals surface area contributed by atoms with Crippen molar-refractivity contribution in [3.63, 3.8) is 0 Å². The standard InChI is InChI=1S/C18H21N5O2/c1-21(15-7-9-22(12-19)10-8-15)18(24)23-11-17(20-13-23)14-3-5-16(25-2)6-4-14/h3-6,11,13,15H,7-10H2,1-2H3. The second-order valence-corrected chi connectivity index (χ2v) is 6.11. The van der Waals surface area contributed by atoms with Crippen molar-refractivity contribution in [3.05, 3.63) is 36.8 Å². The summed E-state index contributed by atoms with van der Waals surface area (Å²) in [6, 6.07) is 7.59. The Hall–Kier alpha value is -3.01. The molecule has 1 aliphatic heterocycles. The van der Waals surface area contributed by atoms with Crippen molar-refractivity contribution >= 4 is 6.03 Å². The number of likely N-dealkylation sites (tertiary alicyclic amines) is 1. The molecule has 0 atom stereocenters. The minimum Gasteiger partial charge on any atom is -0.497 e. The van der Waals surface area contributed by atoms with Gasteiger partial charge in [-0.3, -0.25) is 4.57 Å². The molecule has 0 radical (unpaired) electrons. The van der Waals surface area contributed by atoms with Crippen molar-refractivity contribution in [1.82, 2.24) is 19.4 Å². The van der Waals surface area contributed by atoms with Crippen LogP contribution in [0.1, 0.15) is 12.8 Å². The van der Waals surface area contributed by atoms with Crippen molar-refractivity contribution in [2.75, 3.05) is 27.2 Å². The molecule has 0 unspecified atom stereocenters. The van der Waals surface area contributed by atoms with Gasteiger partial charge in [0.15, 0.2) is 6.19 Å². The average Bonchev–Trinajstić information content (AvgIpc) is 3.17. The number of carbonyl (C=O) groups is 1. The van der Waals surface area contributed by atoms with Gasteiger partial charge in [0, 0.05) is 37.9 Å². The SMILES string of the molecule is COc1ccc(-c2cn(C(=O)N(C)C3CCN(C#N)CC3)cn2)cc1. The van der Waals surface area contributed by atoms with Gasteiger partial charge >= 0.3 is 6.03 Å². The predicted octanol–water partition coefficient (Wildman–Crippen LogP) is 2.40. The van der Waals surface area contributed by atoms with E-state index in [4.69, 9.17) is 10.00 Å². The van der Waals surface area contributed by atoms with Crippen LogP contribution in [0.2, 0.25) is 0 Å². The normalized spacial score (nSPS) is 14.8. The van der Waals surface area contributed by atoms with Crippen LogP contribution in [0.25, 0.3) is 11.3 Å². The van der Waals surface area contributed by atoms with Crippen LogP contribution >= 0.6 is 0 Å². The highest BCUT2D eigenvalue weighted by atomic mass is 16.5. The molecule has 0 bridgehead atoms. The number of methoxy groups -OCH3 is 1. The topological polar surface area (TPSA) is 74.4 Å². The van der Waals surface area contributed by atoms with E-state index in [1.54, 1.807) is 29.4 Å². The number of nitriles is 1. The smallest absolute Gasteiger partial charge is 0.329 e. The van der Waals surface area contributed by atoms with E-state index in [0.29, 0.717) is 13.1 Å². The van der Waals surface area contributed by atoms with E-state index in [2.05, 4.69) is 11.2 Å². The molecule has 1 aromatic carbocycles. The summed E-state index contributed by atoms with van der Waals surface area (Å²) in [5.41, 5.74) is 1.67. The van der Waals surface area contributed by atoms with Crippen LogP contribution in [0.5, 0.6) is 5.75 Å². The van der Waals surface area contributed by atoms with Gasteiger partial charge in [-0.2, -0.15) is 5.26 Å². The van der Waals surface area contributed by atoms with Gasteiger partial charge in [-0.1, -0.05) is 0 Å². The maximum Gasteiger partial charge on any atom is 0.329 e. The molecule has 1 amide bonds. The highest BCUT2D eigenvalue weighted by molar-refractivity contribution is 5.78. The second-order valence-electron chi connectivity index (χ2n) is 6.11. The Morgan fingerprint density at radius 2 is 2.00 bits per heavy atom. The summed E-state index contributed by atoms with van der Waals surface area (Å²) in [6.45, 7) is 1.39. The molecule has 130 valence electrons. The van der Waals surface area contributed by atoms with Gasteiger partial charge in [0.1, 0.15) is 12.1 Å². The average molecular weight is 339 g/mol. The summed E-state index contributed by atoms with van der Waals surface area (Å²) in [5.74, 6) is 0.780. The molecular weight excluding hydrogens is 318 g/mol. The highest BCUT2D eigenvalue weighted by Crippen LogP contribution is 2.21. The largest absolute Gasteiger partial charge is 0.497 e. The maximum absolute atomic E-state index is 12.7. The summed E-state index contributed by atoms with van der Waals surface area (Å²) >= 11 is 0. The minimum absolute atomic E-state index is 0.109. The van der Waals surface area contributed by atoms with Gasteiger partial charge in [-0.25, -0.2) is 9.78 Å². The number of ether oxygens (including phenoxy) is 1. The number of aromatic nitrogens is 2. The zero-order valence-electron chi connectivity index (χ0n) is 14.4. The van der Waals surface area contributed by atoms with E-state index in [9.17, 15) is 4.79 Å². The first-order chi connectivity index (χ1) is 12.1. The number of imidazole rings is 1. The number of benzene rings is 1. The molecule has 0 N–H and O–H groups in total. The summed E-state index contributed by atoms with van der Waals surface area (Å²) in [7, 11) is 3.43. The molecule has 25 heavy (non-hydrogen) atoms. The predicted molar refractivity (Wildman–Crippen MR) is 93.0 cm³/mol. The summed E-state index contributed by atoms with van der Waals surface area (Å²) in [5, 5.41) is 8.92. The Morgan fingerprint density at radius 3 is 2.60 bits per heavy atom. The first kappa shape index (κ1) is 16.8. The van der Waals surface area contributed by atoms with Gasteiger partial charge in [0.25, 0.3) is 0 Å². The fourth-order valence-electron chi connectivity index (χ4n) is 3.03. The van der Waals surface area contributed by atoms with E-state index in [0.717, 1.165) is 29.8 Å². The third-order valence-corrected chi connectivity index (χ3v) is 4.64. The number of amides is 1. The summed E-state index contributed by atoms with van der Waals surface area (Å²) in [6.07, 6.45) is 7.05. The zero-order valence-corrected chi connectivity index (χ0v) is 14.4. The van der Waals surface area contributed by atoms with Crippen LogP contribution < -0.4 is 4.74 Å². The number of nitrogens with zero attached hydrogens (tertiary/aromatic N) is 5. The van der Waals surface area contributed by atoms with Crippen LogP contribution in [-0.2, 0) is 0 Å². The van der Waals surface area contributed by atoms with Crippen LogP contribution in [-0.4, -0.2) is 58.7 Å². The van der Waals surface area contributed by atoms with Crippen molar-refractivity contribution in [2.24, 2.45) is 0 Å². The Kier molecular flexibility index (Phi) is 4.89. The van der Waals surface area contributed by atoms with Gasteiger partial charge < -0.3 is 14.5 Å². The Balaban J connectivity index is 1.68. The first-order valence-electron chi connectivity index (χ1n) is 8.22. The number of carbonyl (C=O) groups excluding carboxylic acids is 1. The van der Waals surface area contributed by atoms with Gasteiger partial charge in [0.05, 0.1) is 12.8 Å². The molecule has 2 aromatic rings. The molecular formula is C18H21N5O2. The number of piperidine rings is 1. The Bertz CT molecular complexity index is 770. The third-order valence-electron chi connectivity index (χ3n) is 4.64. The van der Waals surface area contributed by atoms with Crippen LogP contribution in [0, 0.1) is 11.5 Å². The molecule has 1 aliphatic rings. The maximum atomic E-state index is 12.7. The van der Waals surface area contributed by atoms with Crippen LogP contribution in [0.4, 0.5) is 4.79 Å². The number of rotatable bonds is 3. The summed E-state index contributed by atoms with van der Waals surface area (Å²) in [4.78, 5) is 20.5. The van der Waals surface area contributed by atoms with E-state index in [-0.39, 0.29) is 12.1 Å². The van der Waals surface area contributed by atoms with E-state index in [1.807, 2.05) is 31.3 Å². The molecule has 0 aliphatic carbocycles. The molecule has 2 heterocycles. The molecule has 1 saturated heterocycles. The molecule has 1 fully saturated rings. The van der Waals surface area contributed by atoms with Gasteiger partial charge in [-0.15, -0.1) is 0 Å². The molecule has 7 nitrogen and oxygen atoms in total. The van der Waals surface area contributed by atoms with Crippen molar-refractivity contribution in [1.29, 1.82) is 5.26 Å². The Labute approximate surface area is 147 Å². The van der Waals surface area contributed by atoms with Crippen LogP contribution in [0.3, 0.4) is 0 Å². The Morgan fingerprint density at radius 1 is 1.32 bits per heavy atom. The van der Waals surface area contributed by atoms with Crippen LogP contribution in [0.15, 0.2) is 36.8 Å². The van der Waals surface area contributed by atoms with Gasteiger partial charge in [0.2, 0.25) is 0 Å². The quantitative estimate of drug-likeness (QED) is 0.803. The molecule has 1 aromatic heterocycles. The van der Waals surface area contributed by atoms with Crippen molar-refractivity contribution in [3.8, 4) is 23.2 Å². The minimum atomic E-state index is -0.109. The lowest BCUT2D eigenvalue weighted by Crippen LogP contribution is -2.45. The first-order valence-corrected chi connectivity index (χ1v) is 8.22. The molecule has 3 rings (SSSR count). The lowest BCUT2D eigenvalue weighted by molar-refractivity contribution is 0.158. The fourth-order valence-corrected chi connectivity index (χ4v) is 3.03. The monoisotopic (exact) mass is 339 g/mol. The molecule has 7 heteroatoms. The van der Waals surface area contributed by atoms with Gasteiger partial charge in [-0.05, 0) is 37.1 Å². The second kappa shape index (κ2) is 7.26. The van der Waals surface area contributed by atoms with E-state index < -0.39 is 0 Å². The summed E-state index contributed by atoms with van der Waals surface area (Å²) < 4.78 is 6.66. The third kappa shape index (κ3) is 3.58. The van der Waals surface area contributed by atoms with E-state index in [1.165, 1.54) is 4.57 Å². The number of hydrogen-bond acceptors (Lipinski definition) is 5. The lowest BCUT2D eigenvalue weighted by atomic mass is 10.0. The zero-order chi connectivity index (χ0) is 17.8. The number of hydrogen-bond donors (Lipinski definition) is 0. The van der Waals surface area contributed by atoms with Crippen molar-refractivity contribution < 1.29 is 9.53 Å². The molecule has 0 saturated carbocycles. The van der Waals surface area contributed by atoms with E-state index >= 15 is 0 Å². The van der Waals surface area contributed by atoms with Crippen molar-refractivity contribution in [2.45, 2.75) is 18.9 Å². The highest BCUT2D eigenvalue weighted by Gasteiger charge is 2.25. The lowest BCUT2D eigenvalue weighted by Gasteiger charge is -2.34. The fraction of sp³-hybridized carbons (Fsp3) is 0.389.